The molecule has 0 unspecified atom stereocenters. The van der Waals surface area contributed by atoms with Crippen LogP contribution in [-0.2, 0) is 6.54 Å². The van der Waals surface area contributed by atoms with Crippen LogP contribution < -0.4 is 11.0 Å². The molecule has 0 atom stereocenters. The highest BCUT2D eigenvalue weighted by molar-refractivity contribution is 9.10. The molecule has 0 saturated heterocycles. The van der Waals surface area contributed by atoms with Crippen molar-refractivity contribution in [3.8, 4) is 5.75 Å². The van der Waals surface area contributed by atoms with Crippen LogP contribution in [-0.4, -0.2) is 21.8 Å². The lowest BCUT2D eigenvalue weighted by Gasteiger charge is -2.04. The number of aryl methyl sites for hydroxylation is 1. The second kappa shape index (κ2) is 7.04. The molecular weight excluding hydrogens is 350 g/mol. The molecule has 0 radical (unpaired) electrons. The Balaban J connectivity index is 2.15. The number of carbonyl (C=O) groups is 1. The van der Waals surface area contributed by atoms with Gasteiger partial charge in [-0.3, -0.25) is 9.59 Å². The summed E-state index contributed by atoms with van der Waals surface area (Å²) in [7, 11) is 0. The topological polar surface area (TPSA) is 83.7 Å². The standard InChI is InChI=1S/C15H14BrN3O3/c1-2-19-7-3-4-12(15(19)22)14(21)18-17-9-10-8-11(16)5-6-13(10)20/h3-9,20H,2H2,1H3,(H,18,21)/b17-9-. The fraction of sp³-hybridized carbons (Fsp3) is 0.133. The van der Waals surface area contributed by atoms with Gasteiger partial charge in [0.1, 0.15) is 11.3 Å². The summed E-state index contributed by atoms with van der Waals surface area (Å²) in [5.41, 5.74) is 2.36. The van der Waals surface area contributed by atoms with Gasteiger partial charge in [-0.15, -0.1) is 0 Å². The summed E-state index contributed by atoms with van der Waals surface area (Å²) in [6, 6.07) is 7.91. The Morgan fingerprint density at radius 1 is 1.45 bits per heavy atom. The second-order valence-electron chi connectivity index (χ2n) is 4.42. The van der Waals surface area contributed by atoms with Crippen molar-refractivity contribution in [2.75, 3.05) is 0 Å². The lowest BCUT2D eigenvalue weighted by molar-refractivity contribution is 0.0953. The lowest BCUT2D eigenvalue weighted by Crippen LogP contribution is -2.30. The predicted octanol–water partition coefficient (Wildman–Crippen LogP) is 2.10. The van der Waals surface area contributed by atoms with Crippen molar-refractivity contribution >= 4 is 28.1 Å². The van der Waals surface area contributed by atoms with Gasteiger partial charge in [0.2, 0.25) is 0 Å². The van der Waals surface area contributed by atoms with Gasteiger partial charge in [-0.1, -0.05) is 15.9 Å². The van der Waals surface area contributed by atoms with Crippen LogP contribution in [0.2, 0.25) is 0 Å². The first-order valence-electron chi connectivity index (χ1n) is 6.54. The minimum atomic E-state index is -0.599. The number of rotatable bonds is 4. The van der Waals surface area contributed by atoms with Crippen LogP contribution >= 0.6 is 15.9 Å². The molecule has 6 nitrogen and oxygen atoms in total. The van der Waals surface area contributed by atoms with E-state index in [9.17, 15) is 14.7 Å². The van der Waals surface area contributed by atoms with Crippen molar-refractivity contribution in [2.24, 2.45) is 5.10 Å². The molecule has 0 spiro atoms. The molecule has 0 aliphatic rings. The number of hydrazone groups is 1. The number of hydrogen-bond acceptors (Lipinski definition) is 4. The van der Waals surface area contributed by atoms with E-state index in [0.29, 0.717) is 12.1 Å². The van der Waals surface area contributed by atoms with Gasteiger partial charge in [-0.05, 0) is 37.3 Å². The fourth-order valence-corrected chi connectivity index (χ4v) is 2.19. The largest absolute Gasteiger partial charge is 0.507 e. The maximum atomic E-state index is 12.0. The first-order valence-corrected chi connectivity index (χ1v) is 7.33. The van der Waals surface area contributed by atoms with E-state index in [0.717, 1.165) is 4.47 Å². The van der Waals surface area contributed by atoms with Crippen molar-refractivity contribution in [3.05, 3.63) is 62.5 Å². The number of hydrogen-bond donors (Lipinski definition) is 2. The van der Waals surface area contributed by atoms with Gasteiger partial charge in [-0.2, -0.15) is 5.10 Å². The maximum absolute atomic E-state index is 12.0. The van der Waals surface area contributed by atoms with Crippen molar-refractivity contribution < 1.29 is 9.90 Å². The molecule has 2 N–H and O–H groups in total. The number of pyridine rings is 1. The minimum absolute atomic E-state index is 0.0139. The second-order valence-corrected chi connectivity index (χ2v) is 5.33. The Bertz CT molecular complexity index is 784. The molecule has 0 fully saturated rings. The number of aromatic nitrogens is 1. The van der Waals surface area contributed by atoms with E-state index in [2.05, 4.69) is 26.5 Å². The van der Waals surface area contributed by atoms with Gasteiger partial charge >= 0.3 is 0 Å². The molecule has 7 heteroatoms. The number of phenolic OH excluding ortho intramolecular Hbond substituents is 1. The molecule has 1 heterocycles. The van der Waals surface area contributed by atoms with Crippen LogP contribution in [0.4, 0.5) is 0 Å². The zero-order valence-corrected chi connectivity index (χ0v) is 13.4. The van der Waals surface area contributed by atoms with Crippen LogP contribution in [0.15, 0.2) is 50.9 Å². The van der Waals surface area contributed by atoms with Crippen LogP contribution in [0, 0.1) is 0 Å². The van der Waals surface area contributed by atoms with E-state index in [-0.39, 0.29) is 16.9 Å². The van der Waals surface area contributed by atoms with Gasteiger partial charge in [0, 0.05) is 22.8 Å². The quantitative estimate of drug-likeness (QED) is 0.644. The Morgan fingerprint density at radius 3 is 2.95 bits per heavy atom. The van der Waals surface area contributed by atoms with E-state index >= 15 is 0 Å². The molecule has 0 saturated carbocycles. The fourth-order valence-electron chi connectivity index (χ4n) is 1.81. The predicted molar refractivity (Wildman–Crippen MR) is 87.2 cm³/mol. The van der Waals surface area contributed by atoms with E-state index in [1.807, 2.05) is 6.92 Å². The third-order valence-electron chi connectivity index (χ3n) is 2.96. The average molecular weight is 364 g/mol. The Morgan fingerprint density at radius 2 is 2.23 bits per heavy atom. The van der Waals surface area contributed by atoms with E-state index in [1.54, 1.807) is 24.4 Å². The zero-order chi connectivity index (χ0) is 16.1. The summed E-state index contributed by atoms with van der Waals surface area (Å²) in [5, 5.41) is 13.4. The van der Waals surface area contributed by atoms with Crippen LogP contribution in [0.25, 0.3) is 0 Å². The van der Waals surface area contributed by atoms with Crippen molar-refractivity contribution in [1.82, 2.24) is 9.99 Å². The van der Waals surface area contributed by atoms with Crippen molar-refractivity contribution in [1.29, 1.82) is 0 Å². The number of carbonyl (C=O) groups excluding carboxylic acids is 1. The van der Waals surface area contributed by atoms with Crippen LogP contribution in [0.5, 0.6) is 5.75 Å². The Hall–Kier alpha value is -2.41. The number of benzene rings is 1. The Labute approximate surface area is 135 Å². The summed E-state index contributed by atoms with van der Waals surface area (Å²) in [5.74, 6) is -0.562. The number of aromatic hydroxyl groups is 1. The SMILES string of the molecule is CCn1cccc(C(=O)N/N=C\c2cc(Br)ccc2O)c1=O. The highest BCUT2D eigenvalue weighted by atomic mass is 79.9. The highest BCUT2D eigenvalue weighted by Crippen LogP contribution is 2.19. The Kier molecular flexibility index (Phi) is 5.11. The molecule has 1 aromatic carbocycles. The van der Waals surface area contributed by atoms with Gasteiger partial charge < -0.3 is 9.67 Å². The maximum Gasteiger partial charge on any atom is 0.276 e. The van der Waals surface area contributed by atoms with Crippen LogP contribution in [0.3, 0.4) is 0 Å². The third-order valence-corrected chi connectivity index (χ3v) is 3.46. The molecule has 2 rings (SSSR count). The van der Waals surface area contributed by atoms with Gasteiger partial charge in [0.05, 0.1) is 6.21 Å². The van der Waals surface area contributed by atoms with E-state index in [1.165, 1.54) is 22.9 Å². The first kappa shape index (κ1) is 16.0. The minimum Gasteiger partial charge on any atom is -0.507 e. The summed E-state index contributed by atoms with van der Waals surface area (Å²) < 4.78 is 2.20. The molecule has 114 valence electrons. The molecule has 0 aliphatic carbocycles. The monoisotopic (exact) mass is 363 g/mol. The molecule has 22 heavy (non-hydrogen) atoms. The number of amides is 1. The smallest absolute Gasteiger partial charge is 0.276 e. The lowest BCUT2D eigenvalue weighted by atomic mass is 10.2. The summed E-state index contributed by atoms with van der Waals surface area (Å²) in [6.07, 6.45) is 2.92. The van der Waals surface area contributed by atoms with E-state index in [4.69, 9.17) is 0 Å². The summed E-state index contributed by atoms with van der Waals surface area (Å²) >= 11 is 3.28. The number of phenols is 1. The van der Waals surface area contributed by atoms with E-state index < -0.39 is 5.91 Å². The number of nitrogens with zero attached hydrogens (tertiary/aromatic N) is 2. The molecule has 2 aromatic rings. The third kappa shape index (κ3) is 3.62. The first-order chi connectivity index (χ1) is 10.5. The van der Waals surface area contributed by atoms with Gasteiger partial charge in [0.15, 0.2) is 0 Å². The highest BCUT2D eigenvalue weighted by Gasteiger charge is 2.10. The summed E-state index contributed by atoms with van der Waals surface area (Å²) in [4.78, 5) is 23.9. The van der Waals surface area contributed by atoms with Crippen molar-refractivity contribution in [2.45, 2.75) is 13.5 Å². The van der Waals surface area contributed by atoms with Gasteiger partial charge in [0.25, 0.3) is 11.5 Å². The molecular formula is C15H14BrN3O3. The molecule has 0 aliphatic heterocycles. The zero-order valence-electron chi connectivity index (χ0n) is 11.8. The number of nitrogens with one attached hydrogen (secondary N) is 1. The van der Waals surface area contributed by atoms with Gasteiger partial charge in [-0.25, -0.2) is 5.43 Å². The average Bonchev–Trinajstić information content (AvgIpc) is 2.50. The van der Waals surface area contributed by atoms with Crippen LogP contribution in [0.1, 0.15) is 22.8 Å². The molecule has 0 bridgehead atoms. The summed E-state index contributed by atoms with van der Waals surface area (Å²) in [6.45, 7) is 2.30. The molecule has 1 amide bonds. The number of halogens is 1. The van der Waals surface area contributed by atoms with Crippen molar-refractivity contribution in [3.63, 3.8) is 0 Å². The molecule has 1 aromatic heterocycles. The normalized spacial score (nSPS) is 10.8.